The van der Waals surface area contributed by atoms with Gasteiger partial charge in [-0.1, -0.05) is 38.4 Å². The molecule has 0 N–H and O–H groups in total. The van der Waals surface area contributed by atoms with Crippen molar-refractivity contribution in [2.24, 2.45) is 14.1 Å². The molecule has 0 aromatic carbocycles. The van der Waals surface area contributed by atoms with Gasteiger partial charge in [0.05, 0.1) is 0 Å². The standard InChI is InChI=1S/C15H19ClN4O2S/c1-15(2,3)13-17-10-9(11(18-13)23-8-6-7-16)12(21)20(5)14(22)19(10)4/h6-7H,8H2,1-5H3/b7-6+. The zero-order valence-corrected chi connectivity index (χ0v) is 15.3. The van der Waals surface area contributed by atoms with Crippen LogP contribution in [0, 0.1) is 0 Å². The SMILES string of the molecule is Cn1c(=O)c2c(SC/C=C/Cl)nc(C(C)(C)C)nc2n(C)c1=O. The Labute approximate surface area is 143 Å². The maximum Gasteiger partial charge on any atom is 0.332 e. The van der Waals surface area contributed by atoms with E-state index >= 15 is 0 Å². The molecule has 124 valence electrons. The van der Waals surface area contributed by atoms with E-state index in [0.717, 1.165) is 4.57 Å². The van der Waals surface area contributed by atoms with Gasteiger partial charge in [0.1, 0.15) is 16.2 Å². The summed E-state index contributed by atoms with van der Waals surface area (Å²) < 4.78 is 2.46. The summed E-state index contributed by atoms with van der Waals surface area (Å²) in [7, 11) is 3.06. The first-order valence-corrected chi connectivity index (χ1v) is 8.47. The van der Waals surface area contributed by atoms with Gasteiger partial charge in [0.15, 0.2) is 5.65 Å². The molecular weight excluding hydrogens is 336 g/mol. The largest absolute Gasteiger partial charge is 0.332 e. The Bertz CT molecular complexity index is 893. The Hall–Kier alpha value is -1.60. The smallest absolute Gasteiger partial charge is 0.280 e. The maximum absolute atomic E-state index is 12.5. The first-order chi connectivity index (χ1) is 10.7. The Morgan fingerprint density at radius 1 is 1.17 bits per heavy atom. The number of aryl methyl sites for hydroxylation is 1. The van der Waals surface area contributed by atoms with Crippen LogP contribution in [0.3, 0.4) is 0 Å². The minimum Gasteiger partial charge on any atom is -0.280 e. The lowest BCUT2D eigenvalue weighted by Crippen LogP contribution is -2.38. The van der Waals surface area contributed by atoms with E-state index in [1.165, 1.54) is 28.9 Å². The molecular formula is C15H19ClN4O2S. The topological polar surface area (TPSA) is 69.8 Å². The number of fused-ring (bicyclic) bond motifs is 1. The monoisotopic (exact) mass is 354 g/mol. The summed E-state index contributed by atoms with van der Waals surface area (Å²) in [6, 6.07) is 0. The molecule has 0 amide bonds. The summed E-state index contributed by atoms with van der Waals surface area (Å²) in [5.41, 5.74) is 0.687. The summed E-state index contributed by atoms with van der Waals surface area (Å²) in [4.78, 5) is 33.7. The van der Waals surface area contributed by atoms with Gasteiger partial charge in [0.25, 0.3) is 5.56 Å². The number of hydrogen-bond donors (Lipinski definition) is 0. The average Bonchev–Trinajstić information content (AvgIpc) is 2.49. The molecule has 0 fully saturated rings. The highest BCUT2D eigenvalue weighted by Crippen LogP contribution is 2.26. The molecule has 0 radical (unpaired) electrons. The van der Waals surface area contributed by atoms with E-state index in [1.807, 2.05) is 20.8 Å². The Balaban J connectivity index is 2.89. The van der Waals surface area contributed by atoms with Crippen molar-refractivity contribution in [3.05, 3.63) is 38.3 Å². The second-order valence-electron chi connectivity index (χ2n) is 6.18. The van der Waals surface area contributed by atoms with E-state index in [0.29, 0.717) is 27.6 Å². The third-order valence-corrected chi connectivity index (χ3v) is 4.45. The maximum atomic E-state index is 12.5. The quantitative estimate of drug-likeness (QED) is 0.624. The molecule has 0 bridgehead atoms. The van der Waals surface area contributed by atoms with Crippen LogP contribution in [-0.2, 0) is 19.5 Å². The van der Waals surface area contributed by atoms with Crippen molar-refractivity contribution in [2.75, 3.05) is 5.75 Å². The van der Waals surface area contributed by atoms with Crippen LogP contribution in [0.1, 0.15) is 26.6 Å². The second kappa shape index (κ2) is 6.49. The van der Waals surface area contributed by atoms with E-state index in [4.69, 9.17) is 11.6 Å². The van der Waals surface area contributed by atoms with Crippen molar-refractivity contribution in [1.82, 2.24) is 19.1 Å². The van der Waals surface area contributed by atoms with Gasteiger partial charge in [0.2, 0.25) is 0 Å². The van der Waals surface area contributed by atoms with Crippen molar-refractivity contribution in [2.45, 2.75) is 31.2 Å². The summed E-state index contributed by atoms with van der Waals surface area (Å²) in [5, 5.41) is 0.918. The van der Waals surface area contributed by atoms with Crippen LogP contribution >= 0.6 is 23.4 Å². The second-order valence-corrected chi connectivity index (χ2v) is 7.44. The molecule has 0 spiro atoms. The molecule has 2 rings (SSSR count). The van der Waals surface area contributed by atoms with Crippen LogP contribution in [0.2, 0.25) is 0 Å². The third kappa shape index (κ3) is 3.35. The molecule has 0 unspecified atom stereocenters. The van der Waals surface area contributed by atoms with Crippen LogP contribution in [0.5, 0.6) is 0 Å². The van der Waals surface area contributed by atoms with Gasteiger partial charge in [-0.15, -0.1) is 11.8 Å². The normalized spacial score (nSPS) is 12.4. The van der Waals surface area contributed by atoms with E-state index in [1.54, 1.807) is 13.1 Å². The zero-order chi connectivity index (χ0) is 17.4. The molecule has 6 nitrogen and oxygen atoms in total. The van der Waals surface area contributed by atoms with Crippen molar-refractivity contribution in [3.63, 3.8) is 0 Å². The van der Waals surface area contributed by atoms with E-state index < -0.39 is 5.69 Å². The molecule has 0 saturated heterocycles. The highest BCUT2D eigenvalue weighted by atomic mass is 35.5. The molecule has 23 heavy (non-hydrogen) atoms. The van der Waals surface area contributed by atoms with Crippen molar-refractivity contribution in [3.8, 4) is 0 Å². The highest BCUT2D eigenvalue weighted by molar-refractivity contribution is 7.99. The molecule has 0 aliphatic rings. The lowest BCUT2D eigenvalue weighted by molar-refractivity contribution is 0.539. The molecule has 0 atom stereocenters. The fourth-order valence-corrected chi connectivity index (χ4v) is 3.05. The van der Waals surface area contributed by atoms with Crippen LogP contribution < -0.4 is 11.2 Å². The van der Waals surface area contributed by atoms with Gasteiger partial charge in [0, 0.05) is 30.8 Å². The number of nitrogens with zero attached hydrogens (tertiary/aromatic N) is 4. The first-order valence-electron chi connectivity index (χ1n) is 7.04. The van der Waals surface area contributed by atoms with Gasteiger partial charge >= 0.3 is 5.69 Å². The van der Waals surface area contributed by atoms with Crippen LogP contribution in [0.4, 0.5) is 0 Å². The molecule has 0 saturated carbocycles. The Morgan fingerprint density at radius 3 is 2.39 bits per heavy atom. The van der Waals surface area contributed by atoms with Crippen molar-refractivity contribution < 1.29 is 0 Å². The predicted molar refractivity (Wildman–Crippen MR) is 94.4 cm³/mol. The average molecular weight is 355 g/mol. The van der Waals surface area contributed by atoms with Crippen molar-refractivity contribution in [1.29, 1.82) is 0 Å². The lowest BCUT2D eigenvalue weighted by Gasteiger charge is -2.19. The van der Waals surface area contributed by atoms with Gasteiger partial charge < -0.3 is 0 Å². The molecule has 0 aliphatic carbocycles. The van der Waals surface area contributed by atoms with Crippen LogP contribution in [0.25, 0.3) is 11.0 Å². The summed E-state index contributed by atoms with van der Waals surface area (Å²) in [6.45, 7) is 5.96. The summed E-state index contributed by atoms with van der Waals surface area (Å²) in [6.07, 6.45) is 1.77. The molecule has 2 heterocycles. The molecule has 2 aromatic heterocycles. The van der Waals surface area contributed by atoms with Gasteiger partial charge in [-0.3, -0.25) is 13.9 Å². The van der Waals surface area contributed by atoms with Gasteiger partial charge in [-0.05, 0) is 0 Å². The number of rotatable bonds is 3. The van der Waals surface area contributed by atoms with Gasteiger partial charge in [-0.25, -0.2) is 14.8 Å². The third-order valence-electron chi connectivity index (χ3n) is 3.34. The van der Waals surface area contributed by atoms with Gasteiger partial charge in [-0.2, -0.15) is 0 Å². The number of aromatic nitrogens is 4. The minimum absolute atomic E-state index is 0.303. The zero-order valence-electron chi connectivity index (χ0n) is 13.8. The lowest BCUT2D eigenvalue weighted by atomic mass is 9.96. The highest BCUT2D eigenvalue weighted by Gasteiger charge is 2.23. The molecule has 2 aromatic rings. The summed E-state index contributed by atoms with van der Waals surface area (Å²) in [5.74, 6) is 1.16. The first kappa shape index (κ1) is 17.7. The number of halogens is 1. The fourth-order valence-electron chi connectivity index (χ4n) is 2.03. The Morgan fingerprint density at radius 2 is 1.83 bits per heavy atom. The molecule has 8 heteroatoms. The summed E-state index contributed by atoms with van der Waals surface area (Å²) >= 11 is 6.95. The van der Waals surface area contributed by atoms with Crippen LogP contribution in [-0.4, -0.2) is 24.9 Å². The van der Waals surface area contributed by atoms with Crippen LogP contribution in [0.15, 0.2) is 26.2 Å². The van der Waals surface area contributed by atoms with Crippen molar-refractivity contribution >= 4 is 34.4 Å². The number of hydrogen-bond acceptors (Lipinski definition) is 5. The van der Waals surface area contributed by atoms with E-state index in [9.17, 15) is 9.59 Å². The van der Waals surface area contributed by atoms with E-state index in [2.05, 4.69) is 9.97 Å². The fraction of sp³-hybridized carbons (Fsp3) is 0.467. The molecule has 0 aliphatic heterocycles. The predicted octanol–water partition coefficient (Wildman–Crippen LogP) is 2.17. The van der Waals surface area contributed by atoms with E-state index in [-0.39, 0.29) is 11.0 Å². The Kier molecular flexibility index (Phi) is 5.01. The number of thioether (sulfide) groups is 1. The minimum atomic E-state index is -0.405.